The molecular formula is C14H32N4O14S4. The van der Waals surface area contributed by atoms with Gasteiger partial charge in [-0.15, -0.1) is 0 Å². The zero-order chi connectivity index (χ0) is 29.6. The van der Waals surface area contributed by atoms with E-state index in [0.29, 0.717) is 12.8 Å². The van der Waals surface area contributed by atoms with Crippen molar-refractivity contribution in [2.24, 2.45) is 14.1 Å². The van der Waals surface area contributed by atoms with Crippen LogP contribution in [-0.2, 0) is 55.1 Å². The summed E-state index contributed by atoms with van der Waals surface area (Å²) in [4.78, 5) is 7.57. The molecule has 0 unspecified atom stereocenters. The molecule has 0 bridgehead atoms. The number of nitrogens with zero attached hydrogens (tertiary/aromatic N) is 4. The smallest absolute Gasteiger partial charge is 0.341 e. The monoisotopic (exact) mass is 608 g/mol. The summed E-state index contributed by atoms with van der Waals surface area (Å²) in [5, 5.41) is 0. The van der Waals surface area contributed by atoms with E-state index in [4.69, 9.17) is 44.2 Å². The molecule has 0 spiro atoms. The van der Waals surface area contributed by atoms with Gasteiger partial charge in [0, 0.05) is 38.9 Å². The molecular weight excluding hydrogens is 576 g/mol. The zero-order valence-electron chi connectivity index (χ0n) is 19.7. The second-order valence-electron chi connectivity index (χ2n) is 5.92. The first-order valence-electron chi connectivity index (χ1n) is 9.05. The Bertz CT molecular complexity index is 1060. The summed E-state index contributed by atoms with van der Waals surface area (Å²) < 4.78 is 122. The fourth-order valence-corrected chi connectivity index (χ4v) is 2.20. The summed E-state index contributed by atoms with van der Waals surface area (Å²) in [6.07, 6.45) is 11.7. The summed E-state index contributed by atoms with van der Waals surface area (Å²) in [6.45, 7) is 3.38. The first kappa shape index (κ1) is 41.1. The normalized spacial score (nSPS) is 10.7. The fourth-order valence-electron chi connectivity index (χ4n) is 1.17. The van der Waals surface area contributed by atoms with Gasteiger partial charge in [-0.25, -0.2) is 9.97 Å². The number of imidazole rings is 2. The first-order valence-corrected chi connectivity index (χ1v) is 15.1. The highest BCUT2D eigenvalue weighted by Crippen LogP contribution is 1.84. The average Bonchev–Trinajstić information content (AvgIpc) is 3.25. The third-order valence-corrected chi connectivity index (χ3v) is 4.05. The van der Waals surface area contributed by atoms with Gasteiger partial charge in [-0.05, 0) is 12.8 Å². The highest BCUT2D eigenvalue weighted by molar-refractivity contribution is 7.86. The van der Waals surface area contributed by atoms with Crippen molar-refractivity contribution in [2.75, 3.05) is 11.5 Å². The molecule has 22 heteroatoms. The lowest BCUT2D eigenvalue weighted by atomic mass is 10.6. The molecule has 216 valence electrons. The van der Waals surface area contributed by atoms with E-state index in [1.54, 1.807) is 38.9 Å². The number of rotatable bonds is 4. The molecule has 0 saturated carbocycles. The maximum absolute atomic E-state index is 9.79. The molecule has 0 radical (unpaired) electrons. The maximum atomic E-state index is 9.79. The first-order chi connectivity index (χ1) is 15.9. The predicted molar refractivity (Wildman–Crippen MR) is 128 cm³/mol. The Morgan fingerprint density at radius 2 is 0.806 bits per heavy atom. The summed E-state index contributed by atoms with van der Waals surface area (Å²) >= 11 is 0. The van der Waals surface area contributed by atoms with Crippen molar-refractivity contribution >= 4 is 41.0 Å². The summed E-state index contributed by atoms with van der Waals surface area (Å²) in [7, 11) is -12.8. The Kier molecular flexibility index (Phi) is 24.1. The molecule has 0 atom stereocenters. The third-order valence-electron chi connectivity index (χ3n) is 2.20. The van der Waals surface area contributed by atoms with E-state index in [1.807, 2.05) is 35.6 Å². The molecule has 0 aliphatic carbocycles. The average molecular weight is 609 g/mol. The van der Waals surface area contributed by atoms with Crippen LogP contribution in [0.5, 0.6) is 0 Å². The molecule has 18 nitrogen and oxygen atoms in total. The zero-order valence-corrected chi connectivity index (χ0v) is 22.9. The van der Waals surface area contributed by atoms with E-state index < -0.39 is 41.0 Å². The van der Waals surface area contributed by atoms with E-state index >= 15 is 0 Å². The van der Waals surface area contributed by atoms with Gasteiger partial charge in [-0.2, -0.15) is 33.7 Å². The van der Waals surface area contributed by atoms with Gasteiger partial charge in [-0.1, -0.05) is 13.8 Å². The van der Waals surface area contributed by atoms with Gasteiger partial charge in [0.2, 0.25) is 0 Å². The van der Waals surface area contributed by atoms with Crippen molar-refractivity contribution in [3.63, 3.8) is 0 Å². The second-order valence-corrected chi connectivity index (χ2v) is 10.9. The van der Waals surface area contributed by atoms with Crippen LogP contribution in [0.25, 0.3) is 0 Å². The lowest BCUT2D eigenvalue weighted by molar-refractivity contribution is 0.378. The van der Waals surface area contributed by atoms with Gasteiger partial charge < -0.3 is 9.13 Å². The number of hydrogen-bond acceptors (Lipinski definition) is 10. The molecule has 2 heterocycles. The van der Waals surface area contributed by atoms with Crippen LogP contribution < -0.4 is 0 Å². The quantitative estimate of drug-likeness (QED) is 0.251. The van der Waals surface area contributed by atoms with E-state index in [0.717, 1.165) is 0 Å². The van der Waals surface area contributed by atoms with Gasteiger partial charge >= 0.3 is 20.8 Å². The van der Waals surface area contributed by atoms with E-state index in [2.05, 4.69) is 9.97 Å². The summed E-state index contributed by atoms with van der Waals surface area (Å²) in [5.41, 5.74) is 0. The molecule has 0 aliphatic heterocycles. The highest BCUT2D eigenvalue weighted by Gasteiger charge is 1.98. The topological polar surface area (TPSA) is 294 Å². The number of aryl methyl sites for hydroxylation is 2. The minimum atomic E-state index is -4.67. The van der Waals surface area contributed by atoms with E-state index in [9.17, 15) is 16.8 Å². The second kappa shape index (κ2) is 21.1. The molecule has 0 aliphatic rings. The lowest BCUT2D eigenvalue weighted by Crippen LogP contribution is -2.01. The minimum absolute atomic E-state index is 0.132. The van der Waals surface area contributed by atoms with Crippen LogP contribution in [-0.4, -0.2) is 91.6 Å². The molecule has 36 heavy (non-hydrogen) atoms. The Hall–Kier alpha value is -2.02. The SMILES string of the molecule is CCCS(=O)(=O)O.CCCS(=O)(=O)O.Cn1ccnc1.Cn1ccnc1.O=S(=O)(O)O.O=S(=O)(O)O. The number of hydrogen-bond donors (Lipinski definition) is 6. The van der Waals surface area contributed by atoms with Gasteiger partial charge in [-0.3, -0.25) is 27.3 Å². The minimum Gasteiger partial charge on any atom is -0.341 e. The van der Waals surface area contributed by atoms with Crippen LogP contribution in [0.3, 0.4) is 0 Å². The largest absolute Gasteiger partial charge is 0.394 e. The third kappa shape index (κ3) is 76.9. The lowest BCUT2D eigenvalue weighted by Gasteiger charge is -1.86. The van der Waals surface area contributed by atoms with Crippen molar-refractivity contribution in [2.45, 2.75) is 26.7 Å². The van der Waals surface area contributed by atoms with Crippen LogP contribution in [0.2, 0.25) is 0 Å². The predicted octanol–water partition coefficient (Wildman–Crippen LogP) is 0.103. The van der Waals surface area contributed by atoms with Crippen LogP contribution in [0.1, 0.15) is 26.7 Å². The Morgan fingerprint density at radius 3 is 0.833 bits per heavy atom. The van der Waals surface area contributed by atoms with Crippen molar-refractivity contribution in [1.82, 2.24) is 19.1 Å². The van der Waals surface area contributed by atoms with E-state index in [-0.39, 0.29) is 11.5 Å². The molecule has 2 aromatic heterocycles. The number of aromatic nitrogens is 4. The van der Waals surface area contributed by atoms with Gasteiger partial charge in [0.1, 0.15) is 0 Å². The molecule has 2 aromatic rings. The Labute approximate surface area is 210 Å². The maximum Gasteiger partial charge on any atom is 0.394 e. The van der Waals surface area contributed by atoms with Crippen molar-refractivity contribution < 1.29 is 61.0 Å². The van der Waals surface area contributed by atoms with Crippen molar-refractivity contribution in [3.05, 3.63) is 37.4 Å². The summed E-state index contributed by atoms with van der Waals surface area (Å²) in [6, 6.07) is 0. The Balaban J connectivity index is -0.000000171. The summed E-state index contributed by atoms with van der Waals surface area (Å²) in [5.74, 6) is -0.264. The van der Waals surface area contributed by atoms with Crippen LogP contribution in [0.4, 0.5) is 0 Å². The van der Waals surface area contributed by atoms with E-state index in [1.165, 1.54) is 0 Å². The van der Waals surface area contributed by atoms with Crippen LogP contribution in [0, 0.1) is 0 Å². The standard InChI is InChI=1S/2C4H6N2.2C3H8O3S.2H2O4S/c2*1-6-3-2-5-4-6;2*1-2-3-7(4,5)6;2*1-5(2,3)4/h2*2-4H,1H3;2*2-3H2,1H3,(H,4,5,6);2*(H2,1,2,3,4). The van der Waals surface area contributed by atoms with Gasteiger partial charge in [0.25, 0.3) is 20.2 Å². The molecule has 0 saturated heterocycles. The molecule has 6 N–H and O–H groups in total. The van der Waals surface area contributed by atoms with Gasteiger partial charge in [0.15, 0.2) is 0 Å². The molecule has 0 fully saturated rings. The van der Waals surface area contributed by atoms with Crippen molar-refractivity contribution in [1.29, 1.82) is 0 Å². The fraction of sp³-hybridized carbons (Fsp3) is 0.571. The Morgan fingerprint density at radius 1 is 0.583 bits per heavy atom. The van der Waals surface area contributed by atoms with Crippen LogP contribution >= 0.6 is 0 Å². The van der Waals surface area contributed by atoms with Crippen LogP contribution in [0.15, 0.2) is 37.4 Å². The molecule has 0 aromatic carbocycles. The van der Waals surface area contributed by atoms with Crippen molar-refractivity contribution in [3.8, 4) is 0 Å². The van der Waals surface area contributed by atoms with Gasteiger partial charge in [0.05, 0.1) is 24.2 Å². The highest BCUT2D eigenvalue weighted by atomic mass is 32.3. The molecule has 2 rings (SSSR count). The molecule has 0 amide bonds.